The van der Waals surface area contributed by atoms with E-state index in [1.165, 1.54) is 32.1 Å². The van der Waals surface area contributed by atoms with E-state index in [0.29, 0.717) is 23.9 Å². The van der Waals surface area contributed by atoms with Crippen LogP contribution in [0.5, 0.6) is 0 Å². The Bertz CT molecular complexity index is 486. The number of nitrogens with zero attached hydrogens (tertiary/aromatic N) is 1. The first-order valence-corrected chi connectivity index (χ1v) is 8.01. The quantitative estimate of drug-likeness (QED) is 0.665. The molecular formula is C17H26N2O2. The van der Waals surface area contributed by atoms with Crippen LogP contribution in [0.3, 0.4) is 0 Å². The zero-order valence-electron chi connectivity index (χ0n) is 13.1. The van der Waals surface area contributed by atoms with Crippen molar-refractivity contribution in [2.45, 2.75) is 52.0 Å². The van der Waals surface area contributed by atoms with Crippen molar-refractivity contribution < 1.29 is 9.53 Å². The number of carbonyl (C=O) groups is 1. The second kappa shape index (κ2) is 7.34. The summed E-state index contributed by atoms with van der Waals surface area (Å²) < 4.78 is 5.09. The maximum absolute atomic E-state index is 12.0. The number of nitrogen functional groups attached to an aromatic ring is 1. The lowest BCUT2D eigenvalue weighted by Gasteiger charge is -2.38. The van der Waals surface area contributed by atoms with Crippen LogP contribution < -0.4 is 10.6 Å². The summed E-state index contributed by atoms with van der Waals surface area (Å²) in [5.74, 6) is -0.332. The summed E-state index contributed by atoms with van der Waals surface area (Å²) in [6.07, 6.45) is 6.00. The van der Waals surface area contributed by atoms with Crippen molar-refractivity contribution in [3.63, 3.8) is 0 Å². The topological polar surface area (TPSA) is 55.6 Å². The Balaban J connectivity index is 2.29. The van der Waals surface area contributed by atoms with Gasteiger partial charge in [0.1, 0.15) is 0 Å². The van der Waals surface area contributed by atoms with Crippen LogP contribution in [0, 0.1) is 0 Å². The highest BCUT2D eigenvalue weighted by Crippen LogP contribution is 2.33. The number of esters is 1. The molecule has 1 unspecified atom stereocenters. The van der Waals surface area contributed by atoms with Crippen molar-refractivity contribution in [2.75, 3.05) is 23.8 Å². The van der Waals surface area contributed by atoms with Crippen molar-refractivity contribution in [1.29, 1.82) is 0 Å². The van der Waals surface area contributed by atoms with E-state index in [1.807, 2.05) is 12.1 Å². The van der Waals surface area contributed by atoms with Gasteiger partial charge in [0.15, 0.2) is 0 Å². The van der Waals surface area contributed by atoms with Crippen LogP contribution >= 0.6 is 0 Å². The number of nitrogens with two attached hydrogens (primary N) is 1. The molecular weight excluding hydrogens is 264 g/mol. The van der Waals surface area contributed by atoms with Gasteiger partial charge in [-0.15, -0.1) is 0 Å². The van der Waals surface area contributed by atoms with Crippen molar-refractivity contribution >= 4 is 17.3 Å². The van der Waals surface area contributed by atoms with Gasteiger partial charge in [0, 0.05) is 12.6 Å². The van der Waals surface area contributed by atoms with Gasteiger partial charge in [-0.2, -0.15) is 0 Å². The van der Waals surface area contributed by atoms with Crippen LogP contribution in [-0.2, 0) is 4.74 Å². The summed E-state index contributed by atoms with van der Waals surface area (Å²) in [4.78, 5) is 14.4. The molecule has 0 amide bonds. The third-order valence-electron chi connectivity index (χ3n) is 4.14. The monoisotopic (exact) mass is 290 g/mol. The molecule has 0 aromatic heterocycles. The van der Waals surface area contributed by atoms with Crippen molar-refractivity contribution in [3.8, 4) is 0 Å². The number of hydrogen-bond acceptors (Lipinski definition) is 4. The van der Waals surface area contributed by atoms with E-state index in [0.717, 1.165) is 12.2 Å². The second-order valence-corrected chi connectivity index (χ2v) is 5.59. The lowest BCUT2D eigenvalue weighted by molar-refractivity contribution is 0.0527. The minimum absolute atomic E-state index is 0.332. The van der Waals surface area contributed by atoms with E-state index in [2.05, 4.69) is 11.8 Å². The molecule has 116 valence electrons. The van der Waals surface area contributed by atoms with Crippen molar-refractivity contribution in [1.82, 2.24) is 0 Å². The van der Waals surface area contributed by atoms with Gasteiger partial charge in [0.25, 0.3) is 0 Å². The highest BCUT2D eigenvalue weighted by molar-refractivity contribution is 5.98. The van der Waals surface area contributed by atoms with Crippen LogP contribution in [0.2, 0.25) is 0 Å². The molecule has 0 aliphatic carbocycles. The molecule has 1 heterocycles. The average Bonchev–Trinajstić information content (AvgIpc) is 2.49. The molecule has 1 aromatic rings. The second-order valence-electron chi connectivity index (χ2n) is 5.59. The molecule has 2 N–H and O–H groups in total. The molecule has 1 aliphatic heterocycles. The third-order valence-corrected chi connectivity index (χ3v) is 4.14. The summed E-state index contributed by atoms with van der Waals surface area (Å²) in [6.45, 7) is 5.40. The number of hydrogen-bond donors (Lipinski definition) is 1. The summed E-state index contributed by atoms with van der Waals surface area (Å²) >= 11 is 0. The largest absolute Gasteiger partial charge is 0.462 e. The molecule has 1 aliphatic rings. The number of anilines is 2. The fourth-order valence-corrected chi connectivity index (χ4v) is 3.14. The molecule has 21 heavy (non-hydrogen) atoms. The third kappa shape index (κ3) is 3.49. The molecule has 1 fully saturated rings. The van der Waals surface area contributed by atoms with E-state index >= 15 is 0 Å². The van der Waals surface area contributed by atoms with E-state index in [4.69, 9.17) is 10.5 Å². The molecule has 1 atom stereocenters. The summed E-state index contributed by atoms with van der Waals surface area (Å²) in [7, 11) is 0. The Hall–Kier alpha value is -1.71. The van der Waals surface area contributed by atoms with Gasteiger partial charge >= 0.3 is 5.97 Å². The molecule has 1 aromatic carbocycles. The first-order chi connectivity index (χ1) is 10.2. The fourth-order valence-electron chi connectivity index (χ4n) is 3.14. The lowest BCUT2D eigenvalue weighted by Crippen LogP contribution is -2.40. The Morgan fingerprint density at radius 3 is 2.90 bits per heavy atom. The molecule has 4 nitrogen and oxygen atoms in total. The van der Waals surface area contributed by atoms with Crippen LogP contribution in [0.15, 0.2) is 18.2 Å². The predicted molar refractivity (Wildman–Crippen MR) is 86.7 cm³/mol. The first-order valence-electron chi connectivity index (χ1n) is 8.01. The fraction of sp³-hybridized carbons (Fsp3) is 0.588. The predicted octanol–water partition coefficient (Wildman–Crippen LogP) is 3.60. The Labute approximate surface area is 127 Å². The highest BCUT2D eigenvalue weighted by atomic mass is 16.5. The molecule has 2 rings (SSSR count). The van der Waals surface area contributed by atoms with Crippen LogP contribution in [0.1, 0.15) is 56.3 Å². The minimum Gasteiger partial charge on any atom is -0.462 e. The number of para-hydroxylation sites is 1. The zero-order chi connectivity index (χ0) is 15.2. The van der Waals surface area contributed by atoms with Crippen LogP contribution in [-0.4, -0.2) is 25.2 Å². The molecule has 4 heteroatoms. The van der Waals surface area contributed by atoms with E-state index < -0.39 is 0 Å². The number of carbonyl (C=O) groups excluding carboxylic acids is 1. The van der Waals surface area contributed by atoms with Crippen LogP contribution in [0.25, 0.3) is 0 Å². The van der Waals surface area contributed by atoms with Crippen molar-refractivity contribution in [2.24, 2.45) is 0 Å². The van der Waals surface area contributed by atoms with Crippen LogP contribution in [0.4, 0.5) is 11.4 Å². The average molecular weight is 290 g/mol. The zero-order valence-corrected chi connectivity index (χ0v) is 13.1. The summed E-state index contributed by atoms with van der Waals surface area (Å²) in [5, 5.41) is 0. The SMILES string of the molecule is CCCC1CCCCN1c1cccc(C(=O)OCC)c1N. The Kier molecular flexibility index (Phi) is 5.48. The van der Waals surface area contributed by atoms with Gasteiger partial charge in [-0.25, -0.2) is 4.79 Å². The Morgan fingerprint density at radius 2 is 2.19 bits per heavy atom. The van der Waals surface area contributed by atoms with Gasteiger partial charge in [0.2, 0.25) is 0 Å². The lowest BCUT2D eigenvalue weighted by atomic mass is 9.96. The number of piperidine rings is 1. The molecule has 0 bridgehead atoms. The number of rotatable bonds is 5. The normalized spacial score (nSPS) is 18.6. The Morgan fingerprint density at radius 1 is 1.38 bits per heavy atom. The number of benzene rings is 1. The maximum atomic E-state index is 12.0. The van der Waals surface area contributed by atoms with Gasteiger partial charge in [0.05, 0.1) is 23.5 Å². The van der Waals surface area contributed by atoms with Crippen molar-refractivity contribution in [3.05, 3.63) is 23.8 Å². The minimum atomic E-state index is -0.332. The number of ether oxygens (including phenoxy) is 1. The van der Waals surface area contributed by atoms with Gasteiger partial charge in [-0.1, -0.05) is 19.4 Å². The van der Waals surface area contributed by atoms with E-state index in [9.17, 15) is 4.79 Å². The van der Waals surface area contributed by atoms with E-state index in [-0.39, 0.29) is 5.97 Å². The maximum Gasteiger partial charge on any atom is 0.340 e. The van der Waals surface area contributed by atoms with Gasteiger partial charge in [-0.3, -0.25) is 0 Å². The van der Waals surface area contributed by atoms with E-state index in [1.54, 1.807) is 13.0 Å². The standard InChI is InChI=1S/C17H26N2O2/c1-3-8-13-9-5-6-12-19(13)15-11-7-10-14(16(15)18)17(20)21-4-2/h7,10-11,13H,3-6,8-9,12,18H2,1-2H3. The van der Waals surface area contributed by atoms with Gasteiger partial charge in [-0.05, 0) is 44.7 Å². The first kappa shape index (κ1) is 15.7. The summed E-state index contributed by atoms with van der Waals surface area (Å²) in [6, 6.07) is 6.19. The molecule has 0 spiro atoms. The van der Waals surface area contributed by atoms with Gasteiger partial charge < -0.3 is 15.4 Å². The molecule has 0 saturated carbocycles. The summed E-state index contributed by atoms with van der Waals surface area (Å²) in [5.41, 5.74) is 8.28. The smallest absolute Gasteiger partial charge is 0.340 e. The molecule has 0 radical (unpaired) electrons. The molecule has 1 saturated heterocycles. The highest BCUT2D eigenvalue weighted by Gasteiger charge is 2.25.